The van der Waals surface area contributed by atoms with E-state index in [4.69, 9.17) is 5.73 Å². The summed E-state index contributed by atoms with van der Waals surface area (Å²) in [5.74, 6) is 0. The van der Waals surface area contributed by atoms with Gasteiger partial charge in [0.25, 0.3) is 0 Å². The van der Waals surface area contributed by atoms with Crippen LogP contribution in [0.25, 0.3) is 0 Å². The van der Waals surface area contributed by atoms with Gasteiger partial charge in [-0.3, -0.25) is 4.90 Å². The van der Waals surface area contributed by atoms with Crippen molar-refractivity contribution in [1.29, 1.82) is 0 Å². The minimum Gasteiger partial charge on any atom is -0.314 e. The third-order valence-corrected chi connectivity index (χ3v) is 2.51. The number of nitrogens with zero attached hydrogens (tertiary/aromatic N) is 1. The van der Waals surface area contributed by atoms with Gasteiger partial charge in [0.15, 0.2) is 0 Å². The maximum absolute atomic E-state index is 6.02. The molecule has 0 bridgehead atoms. The Balaban J connectivity index is 1.91. The summed E-state index contributed by atoms with van der Waals surface area (Å²) in [6.45, 7) is 4.49. The van der Waals surface area contributed by atoms with Gasteiger partial charge >= 0.3 is 0 Å². The minimum atomic E-state index is 0.113. The van der Waals surface area contributed by atoms with Crippen LogP contribution in [-0.4, -0.2) is 36.7 Å². The molecule has 1 saturated carbocycles. The van der Waals surface area contributed by atoms with Crippen molar-refractivity contribution < 1.29 is 0 Å². The Morgan fingerprint density at radius 2 is 1.80 bits per heavy atom. The summed E-state index contributed by atoms with van der Waals surface area (Å²) in [4.78, 5) is 2.41. The summed E-state index contributed by atoms with van der Waals surface area (Å²) < 4.78 is 0. The molecule has 0 spiro atoms. The van der Waals surface area contributed by atoms with Crippen LogP contribution in [0, 0.1) is 0 Å². The second-order valence-electron chi connectivity index (χ2n) is 3.34. The minimum absolute atomic E-state index is 0.113. The molecule has 1 heterocycles. The monoisotopic (exact) mass is 141 g/mol. The molecular weight excluding hydrogens is 126 g/mol. The maximum Gasteiger partial charge on any atom is 0.0690 e. The highest BCUT2D eigenvalue weighted by Gasteiger charge is 2.43. The van der Waals surface area contributed by atoms with Crippen molar-refractivity contribution in [3.8, 4) is 0 Å². The molecule has 0 aromatic rings. The average Bonchev–Trinajstić information content (AvgIpc) is 2.72. The smallest absolute Gasteiger partial charge is 0.0690 e. The van der Waals surface area contributed by atoms with E-state index in [1.165, 1.54) is 12.8 Å². The molecule has 0 atom stereocenters. The van der Waals surface area contributed by atoms with Crippen molar-refractivity contribution in [2.24, 2.45) is 5.73 Å². The Kier molecular flexibility index (Phi) is 1.44. The molecule has 3 N–H and O–H groups in total. The molecule has 2 fully saturated rings. The number of piperazine rings is 1. The van der Waals surface area contributed by atoms with Gasteiger partial charge in [0.05, 0.1) is 5.66 Å². The first-order valence-corrected chi connectivity index (χ1v) is 4.06. The molecular formula is C7H15N3. The van der Waals surface area contributed by atoms with Crippen LogP contribution < -0.4 is 11.1 Å². The SMILES string of the molecule is NC1(N2CCNCC2)CC1. The summed E-state index contributed by atoms with van der Waals surface area (Å²) in [6, 6.07) is 0. The van der Waals surface area contributed by atoms with Crippen LogP contribution in [0.15, 0.2) is 0 Å². The molecule has 1 saturated heterocycles. The van der Waals surface area contributed by atoms with Gasteiger partial charge in [0.1, 0.15) is 0 Å². The Morgan fingerprint density at radius 1 is 1.20 bits per heavy atom. The molecule has 2 rings (SSSR count). The first-order valence-electron chi connectivity index (χ1n) is 4.06. The predicted octanol–water partition coefficient (Wildman–Crippen LogP) is -0.660. The third-order valence-electron chi connectivity index (χ3n) is 2.51. The van der Waals surface area contributed by atoms with E-state index < -0.39 is 0 Å². The summed E-state index contributed by atoms with van der Waals surface area (Å²) in [5.41, 5.74) is 6.13. The quantitative estimate of drug-likeness (QED) is 0.509. The fourth-order valence-corrected chi connectivity index (χ4v) is 1.55. The fraction of sp³-hybridized carbons (Fsp3) is 1.00. The zero-order valence-electron chi connectivity index (χ0n) is 6.27. The highest BCUT2D eigenvalue weighted by Crippen LogP contribution is 2.35. The molecule has 1 aliphatic heterocycles. The summed E-state index contributed by atoms with van der Waals surface area (Å²) in [5, 5.41) is 3.32. The van der Waals surface area contributed by atoms with Gasteiger partial charge in [-0.1, -0.05) is 0 Å². The van der Waals surface area contributed by atoms with Crippen molar-refractivity contribution in [1.82, 2.24) is 10.2 Å². The Labute approximate surface area is 61.6 Å². The van der Waals surface area contributed by atoms with E-state index in [0.717, 1.165) is 26.2 Å². The van der Waals surface area contributed by atoms with Gasteiger partial charge in [0.2, 0.25) is 0 Å². The lowest BCUT2D eigenvalue weighted by molar-refractivity contribution is 0.159. The van der Waals surface area contributed by atoms with E-state index >= 15 is 0 Å². The van der Waals surface area contributed by atoms with E-state index in [0.29, 0.717) is 0 Å². The molecule has 0 amide bonds. The first kappa shape index (κ1) is 6.58. The Hall–Kier alpha value is -0.120. The largest absolute Gasteiger partial charge is 0.314 e. The van der Waals surface area contributed by atoms with Gasteiger partial charge in [-0.05, 0) is 12.8 Å². The molecule has 2 aliphatic rings. The van der Waals surface area contributed by atoms with Crippen molar-refractivity contribution in [3.05, 3.63) is 0 Å². The van der Waals surface area contributed by atoms with Crippen molar-refractivity contribution in [3.63, 3.8) is 0 Å². The zero-order valence-corrected chi connectivity index (χ0v) is 6.27. The average molecular weight is 141 g/mol. The molecule has 3 heteroatoms. The zero-order chi connectivity index (χ0) is 7.03. The highest BCUT2D eigenvalue weighted by molar-refractivity contribution is 4.99. The maximum atomic E-state index is 6.02. The number of nitrogens with one attached hydrogen (secondary N) is 1. The topological polar surface area (TPSA) is 41.3 Å². The summed E-state index contributed by atoms with van der Waals surface area (Å²) in [6.07, 6.45) is 2.40. The summed E-state index contributed by atoms with van der Waals surface area (Å²) in [7, 11) is 0. The lowest BCUT2D eigenvalue weighted by Crippen LogP contribution is -2.53. The van der Waals surface area contributed by atoms with Crippen molar-refractivity contribution in [2.75, 3.05) is 26.2 Å². The van der Waals surface area contributed by atoms with E-state index in [1.807, 2.05) is 0 Å². The van der Waals surface area contributed by atoms with E-state index in [1.54, 1.807) is 0 Å². The second-order valence-corrected chi connectivity index (χ2v) is 3.34. The lowest BCUT2D eigenvalue weighted by atomic mass is 10.3. The van der Waals surface area contributed by atoms with Crippen LogP contribution in [0.5, 0.6) is 0 Å². The van der Waals surface area contributed by atoms with E-state index in [-0.39, 0.29) is 5.66 Å². The molecule has 3 nitrogen and oxygen atoms in total. The van der Waals surface area contributed by atoms with Crippen LogP contribution >= 0.6 is 0 Å². The van der Waals surface area contributed by atoms with Gasteiger partial charge in [-0.15, -0.1) is 0 Å². The number of hydrogen-bond donors (Lipinski definition) is 2. The molecule has 58 valence electrons. The highest BCUT2D eigenvalue weighted by atomic mass is 15.3. The van der Waals surface area contributed by atoms with Crippen LogP contribution in [0.3, 0.4) is 0 Å². The standard InChI is InChI=1S/C7H15N3/c8-7(1-2-7)10-5-3-9-4-6-10/h9H,1-6,8H2. The number of hydrogen-bond acceptors (Lipinski definition) is 3. The van der Waals surface area contributed by atoms with E-state index in [9.17, 15) is 0 Å². The van der Waals surface area contributed by atoms with Crippen LogP contribution in [0.2, 0.25) is 0 Å². The fourth-order valence-electron chi connectivity index (χ4n) is 1.55. The lowest BCUT2D eigenvalue weighted by Gasteiger charge is -2.32. The van der Waals surface area contributed by atoms with Crippen molar-refractivity contribution >= 4 is 0 Å². The van der Waals surface area contributed by atoms with Crippen LogP contribution in [-0.2, 0) is 0 Å². The number of nitrogens with two attached hydrogens (primary N) is 1. The van der Waals surface area contributed by atoms with Crippen LogP contribution in [0.4, 0.5) is 0 Å². The summed E-state index contributed by atoms with van der Waals surface area (Å²) >= 11 is 0. The van der Waals surface area contributed by atoms with Gasteiger partial charge in [-0.2, -0.15) is 0 Å². The Morgan fingerprint density at radius 3 is 2.30 bits per heavy atom. The van der Waals surface area contributed by atoms with Crippen LogP contribution in [0.1, 0.15) is 12.8 Å². The molecule has 0 radical (unpaired) electrons. The normalized spacial score (nSPS) is 32.1. The predicted molar refractivity (Wildman–Crippen MR) is 40.6 cm³/mol. The van der Waals surface area contributed by atoms with Gasteiger partial charge in [-0.25, -0.2) is 0 Å². The number of rotatable bonds is 1. The van der Waals surface area contributed by atoms with Crippen molar-refractivity contribution in [2.45, 2.75) is 18.5 Å². The molecule has 0 unspecified atom stereocenters. The first-order chi connectivity index (χ1) is 4.81. The molecule has 0 aromatic heterocycles. The molecule has 10 heavy (non-hydrogen) atoms. The second kappa shape index (κ2) is 2.19. The van der Waals surface area contributed by atoms with Gasteiger partial charge < -0.3 is 11.1 Å². The molecule has 0 aromatic carbocycles. The van der Waals surface area contributed by atoms with Gasteiger partial charge in [0, 0.05) is 26.2 Å². The molecule has 1 aliphatic carbocycles. The Bertz CT molecular complexity index is 125. The third kappa shape index (κ3) is 1.05. The van der Waals surface area contributed by atoms with E-state index in [2.05, 4.69) is 10.2 Å².